The lowest BCUT2D eigenvalue weighted by Gasteiger charge is -2.02. The van der Waals surface area contributed by atoms with E-state index in [1.807, 2.05) is 12.3 Å². The maximum atomic E-state index is 6.12. The summed E-state index contributed by atoms with van der Waals surface area (Å²) >= 11 is 6.12. The van der Waals surface area contributed by atoms with Crippen LogP contribution in [-0.4, -0.2) is 15.0 Å². The molecule has 0 bridgehead atoms. The Kier molecular flexibility index (Phi) is 2.45. The number of H-pyrrole nitrogens is 1. The molecule has 0 aliphatic heterocycles. The van der Waals surface area contributed by atoms with Crippen molar-refractivity contribution in [3.8, 4) is 11.3 Å². The van der Waals surface area contributed by atoms with Crippen molar-refractivity contribution in [3.63, 3.8) is 0 Å². The molecule has 0 saturated carbocycles. The normalized spacial score (nSPS) is 11.0. The minimum absolute atomic E-state index is 0.218. The van der Waals surface area contributed by atoms with Crippen molar-refractivity contribution in [2.75, 3.05) is 5.73 Å². The van der Waals surface area contributed by atoms with E-state index in [1.165, 1.54) is 11.8 Å². The topological polar surface area (TPSA) is 67.6 Å². The predicted octanol–water partition coefficient (Wildman–Crippen LogP) is 3.17. The highest BCUT2D eigenvalue weighted by Gasteiger charge is 2.11. The number of aromatic amines is 1. The van der Waals surface area contributed by atoms with Gasteiger partial charge in [-0.05, 0) is 18.6 Å². The molecule has 3 aromatic rings. The van der Waals surface area contributed by atoms with Gasteiger partial charge >= 0.3 is 0 Å². The molecule has 0 spiro atoms. The Morgan fingerprint density at radius 1 is 1.33 bits per heavy atom. The summed E-state index contributed by atoms with van der Waals surface area (Å²) in [6.07, 6.45) is 3.41. The summed E-state index contributed by atoms with van der Waals surface area (Å²) in [5, 5.41) is 1.56. The second kappa shape index (κ2) is 3.99. The van der Waals surface area contributed by atoms with Crippen LogP contribution in [0.5, 0.6) is 0 Å². The van der Waals surface area contributed by atoms with Crippen LogP contribution >= 0.6 is 11.6 Å². The minimum Gasteiger partial charge on any atom is -0.368 e. The molecular weight excluding hydrogens is 248 g/mol. The van der Waals surface area contributed by atoms with Crippen molar-refractivity contribution in [1.82, 2.24) is 15.0 Å². The molecule has 18 heavy (non-hydrogen) atoms. The minimum atomic E-state index is 0.218. The zero-order chi connectivity index (χ0) is 12.7. The van der Waals surface area contributed by atoms with E-state index in [1.54, 1.807) is 0 Å². The molecule has 0 aliphatic rings. The number of anilines is 1. The molecule has 0 unspecified atom stereocenters. The summed E-state index contributed by atoms with van der Waals surface area (Å²) in [6.45, 7) is 2.05. The van der Waals surface area contributed by atoms with Crippen LogP contribution in [0.2, 0.25) is 5.02 Å². The SMILES string of the molecule is Cc1ccc2c(-c3nc(N)ncc3Cl)c[nH]c2c1. The number of aromatic nitrogens is 3. The molecular formula is C13H11ClN4. The fraction of sp³-hybridized carbons (Fsp3) is 0.0769. The molecule has 0 fully saturated rings. The first-order chi connectivity index (χ1) is 8.65. The molecule has 90 valence electrons. The third-order valence-electron chi connectivity index (χ3n) is 2.86. The van der Waals surface area contributed by atoms with Gasteiger partial charge in [0.1, 0.15) is 0 Å². The number of nitrogens with two attached hydrogens (primary N) is 1. The molecule has 0 atom stereocenters. The number of fused-ring (bicyclic) bond motifs is 1. The van der Waals surface area contributed by atoms with Gasteiger partial charge < -0.3 is 10.7 Å². The maximum Gasteiger partial charge on any atom is 0.220 e. The lowest BCUT2D eigenvalue weighted by atomic mass is 10.1. The van der Waals surface area contributed by atoms with Gasteiger partial charge in [0.25, 0.3) is 0 Å². The average molecular weight is 259 g/mol. The Balaban J connectivity index is 2.28. The Labute approximate surface area is 109 Å². The van der Waals surface area contributed by atoms with Gasteiger partial charge in [0.2, 0.25) is 5.95 Å². The Morgan fingerprint density at radius 3 is 3.00 bits per heavy atom. The smallest absolute Gasteiger partial charge is 0.220 e. The zero-order valence-electron chi connectivity index (χ0n) is 9.74. The Hall–Kier alpha value is -2.07. The number of hydrogen-bond acceptors (Lipinski definition) is 3. The highest BCUT2D eigenvalue weighted by molar-refractivity contribution is 6.33. The largest absolute Gasteiger partial charge is 0.368 e. The molecule has 2 aromatic heterocycles. The molecule has 0 aliphatic carbocycles. The van der Waals surface area contributed by atoms with Crippen LogP contribution in [0.15, 0.2) is 30.6 Å². The average Bonchev–Trinajstić information content (AvgIpc) is 2.75. The molecule has 3 rings (SSSR count). The van der Waals surface area contributed by atoms with Crippen molar-refractivity contribution < 1.29 is 0 Å². The van der Waals surface area contributed by atoms with E-state index < -0.39 is 0 Å². The fourth-order valence-corrected chi connectivity index (χ4v) is 2.20. The number of nitrogen functional groups attached to an aromatic ring is 1. The number of nitrogens with zero attached hydrogens (tertiary/aromatic N) is 2. The van der Waals surface area contributed by atoms with Crippen LogP contribution in [-0.2, 0) is 0 Å². The van der Waals surface area contributed by atoms with Crippen molar-refractivity contribution in [2.24, 2.45) is 0 Å². The van der Waals surface area contributed by atoms with Gasteiger partial charge in [-0.3, -0.25) is 0 Å². The van der Waals surface area contributed by atoms with Gasteiger partial charge in [0, 0.05) is 22.7 Å². The number of hydrogen-bond donors (Lipinski definition) is 2. The number of rotatable bonds is 1. The first-order valence-electron chi connectivity index (χ1n) is 5.51. The molecule has 0 amide bonds. The summed E-state index contributed by atoms with van der Waals surface area (Å²) in [4.78, 5) is 11.3. The summed E-state index contributed by atoms with van der Waals surface area (Å²) < 4.78 is 0. The molecule has 5 heteroatoms. The molecule has 0 radical (unpaired) electrons. The summed E-state index contributed by atoms with van der Waals surface area (Å²) in [5.41, 5.74) is 9.45. The lowest BCUT2D eigenvalue weighted by Crippen LogP contribution is -1.96. The van der Waals surface area contributed by atoms with Crippen LogP contribution in [0.4, 0.5) is 5.95 Å². The van der Waals surface area contributed by atoms with E-state index in [0.29, 0.717) is 10.7 Å². The Bertz CT molecular complexity index is 733. The van der Waals surface area contributed by atoms with Gasteiger partial charge in [-0.25, -0.2) is 9.97 Å². The second-order valence-corrected chi connectivity index (χ2v) is 4.58. The van der Waals surface area contributed by atoms with Gasteiger partial charge in [-0.2, -0.15) is 0 Å². The first kappa shape index (κ1) is 11.0. The molecule has 4 nitrogen and oxygen atoms in total. The quantitative estimate of drug-likeness (QED) is 0.704. The predicted molar refractivity (Wildman–Crippen MR) is 73.5 cm³/mol. The van der Waals surface area contributed by atoms with E-state index in [2.05, 4.69) is 34.0 Å². The van der Waals surface area contributed by atoms with E-state index in [9.17, 15) is 0 Å². The van der Waals surface area contributed by atoms with Crippen LogP contribution < -0.4 is 5.73 Å². The standard InChI is InChI=1S/C13H11ClN4/c1-7-2-3-8-9(5-16-11(8)4-7)12-10(14)6-17-13(15)18-12/h2-6,16H,1H3,(H2,15,17,18). The summed E-state index contributed by atoms with van der Waals surface area (Å²) in [5.74, 6) is 0.218. The van der Waals surface area contributed by atoms with Gasteiger partial charge in [0.15, 0.2) is 0 Å². The van der Waals surface area contributed by atoms with Crippen molar-refractivity contribution >= 4 is 28.5 Å². The molecule has 3 N–H and O–H groups in total. The third kappa shape index (κ3) is 1.71. The maximum absolute atomic E-state index is 6.12. The van der Waals surface area contributed by atoms with Crippen LogP contribution in [0.3, 0.4) is 0 Å². The van der Waals surface area contributed by atoms with Crippen LogP contribution in [0, 0.1) is 6.92 Å². The van der Waals surface area contributed by atoms with Crippen LogP contribution in [0.1, 0.15) is 5.56 Å². The summed E-state index contributed by atoms with van der Waals surface area (Å²) in [7, 11) is 0. The molecule has 1 aromatic carbocycles. The molecule has 2 heterocycles. The zero-order valence-corrected chi connectivity index (χ0v) is 10.5. The van der Waals surface area contributed by atoms with E-state index in [0.717, 1.165) is 16.5 Å². The highest BCUT2D eigenvalue weighted by atomic mass is 35.5. The first-order valence-corrected chi connectivity index (χ1v) is 5.89. The van der Waals surface area contributed by atoms with Crippen molar-refractivity contribution in [1.29, 1.82) is 0 Å². The number of nitrogens with one attached hydrogen (secondary N) is 1. The lowest BCUT2D eigenvalue weighted by molar-refractivity contribution is 1.19. The van der Waals surface area contributed by atoms with E-state index in [-0.39, 0.29) is 5.95 Å². The fourth-order valence-electron chi connectivity index (χ4n) is 2.01. The monoisotopic (exact) mass is 258 g/mol. The third-order valence-corrected chi connectivity index (χ3v) is 3.13. The van der Waals surface area contributed by atoms with Gasteiger partial charge in [0.05, 0.1) is 16.9 Å². The molecule has 0 saturated heterocycles. The number of aryl methyl sites for hydroxylation is 1. The van der Waals surface area contributed by atoms with Crippen molar-refractivity contribution in [2.45, 2.75) is 6.92 Å². The summed E-state index contributed by atoms with van der Waals surface area (Å²) in [6, 6.07) is 6.18. The van der Waals surface area contributed by atoms with Crippen molar-refractivity contribution in [3.05, 3.63) is 41.2 Å². The van der Waals surface area contributed by atoms with Gasteiger partial charge in [-0.1, -0.05) is 23.7 Å². The number of halogens is 1. The number of benzene rings is 1. The van der Waals surface area contributed by atoms with Crippen LogP contribution in [0.25, 0.3) is 22.2 Å². The second-order valence-electron chi connectivity index (χ2n) is 4.18. The Morgan fingerprint density at radius 2 is 2.17 bits per heavy atom. The highest BCUT2D eigenvalue weighted by Crippen LogP contribution is 2.32. The van der Waals surface area contributed by atoms with Gasteiger partial charge in [-0.15, -0.1) is 0 Å². The van der Waals surface area contributed by atoms with E-state index in [4.69, 9.17) is 17.3 Å². The van der Waals surface area contributed by atoms with E-state index >= 15 is 0 Å².